The summed E-state index contributed by atoms with van der Waals surface area (Å²) in [5.74, 6) is 1.26. The van der Waals surface area contributed by atoms with Gasteiger partial charge in [-0.1, -0.05) is 91.0 Å². The standard InChI is InChI=1S/C29H27NO2/c1-30(20-21-11-5-2-6-12-21)28-25-19-24(22-13-7-3-8-14-22)17-18-26(25)32-29(31)27(28)23-15-9-4-10-16-23/h2-16,24H,17-20H2,1H3. The molecule has 1 unspecified atom stereocenters. The minimum Gasteiger partial charge on any atom is -0.427 e. The van der Waals surface area contributed by atoms with Crippen molar-refractivity contribution >= 4 is 5.69 Å². The van der Waals surface area contributed by atoms with E-state index in [0.717, 1.165) is 42.8 Å². The molecule has 0 bridgehead atoms. The number of benzene rings is 3. The van der Waals surface area contributed by atoms with Gasteiger partial charge in [0.05, 0.1) is 11.3 Å². The highest BCUT2D eigenvalue weighted by molar-refractivity contribution is 5.80. The Kier molecular flexibility index (Phi) is 5.64. The van der Waals surface area contributed by atoms with Crippen LogP contribution in [0.2, 0.25) is 0 Å². The lowest BCUT2D eigenvalue weighted by Crippen LogP contribution is -2.26. The Hall–Kier alpha value is -3.59. The molecular weight excluding hydrogens is 394 g/mol. The molecule has 32 heavy (non-hydrogen) atoms. The Balaban J connectivity index is 1.65. The van der Waals surface area contributed by atoms with Gasteiger partial charge in [-0.3, -0.25) is 0 Å². The summed E-state index contributed by atoms with van der Waals surface area (Å²) in [6.45, 7) is 0.729. The summed E-state index contributed by atoms with van der Waals surface area (Å²) in [6, 6.07) is 31.0. The fourth-order valence-electron chi connectivity index (χ4n) is 4.90. The average molecular weight is 422 g/mol. The fraction of sp³-hybridized carbons (Fsp3) is 0.207. The van der Waals surface area contributed by atoms with Crippen molar-refractivity contribution in [2.45, 2.75) is 31.7 Å². The van der Waals surface area contributed by atoms with Crippen LogP contribution >= 0.6 is 0 Å². The molecule has 0 aliphatic heterocycles. The van der Waals surface area contributed by atoms with Gasteiger partial charge in [-0.15, -0.1) is 0 Å². The van der Waals surface area contributed by atoms with Crippen molar-refractivity contribution in [2.24, 2.45) is 0 Å². The van der Waals surface area contributed by atoms with Gasteiger partial charge in [-0.05, 0) is 35.4 Å². The number of aryl methyl sites for hydroxylation is 1. The lowest BCUT2D eigenvalue weighted by molar-refractivity contribution is 0.414. The van der Waals surface area contributed by atoms with E-state index in [1.54, 1.807) is 0 Å². The topological polar surface area (TPSA) is 33.5 Å². The van der Waals surface area contributed by atoms with Crippen LogP contribution in [0, 0.1) is 0 Å². The lowest BCUT2D eigenvalue weighted by Gasteiger charge is -2.31. The zero-order valence-electron chi connectivity index (χ0n) is 18.3. The van der Waals surface area contributed by atoms with Crippen molar-refractivity contribution in [3.05, 3.63) is 124 Å². The molecule has 0 amide bonds. The second-order valence-corrected chi connectivity index (χ2v) is 8.57. The summed E-state index contributed by atoms with van der Waals surface area (Å²) in [7, 11) is 2.08. The molecule has 5 rings (SSSR count). The average Bonchev–Trinajstić information content (AvgIpc) is 2.84. The minimum atomic E-state index is -0.247. The largest absolute Gasteiger partial charge is 0.427 e. The molecule has 3 aromatic carbocycles. The highest BCUT2D eigenvalue weighted by Gasteiger charge is 2.29. The van der Waals surface area contributed by atoms with Crippen molar-refractivity contribution < 1.29 is 4.42 Å². The van der Waals surface area contributed by atoms with Crippen molar-refractivity contribution in [1.29, 1.82) is 0 Å². The Morgan fingerprint density at radius 3 is 2.19 bits per heavy atom. The molecule has 0 saturated carbocycles. The number of hydrogen-bond donors (Lipinski definition) is 0. The molecule has 1 heterocycles. The van der Waals surface area contributed by atoms with Gasteiger partial charge >= 0.3 is 5.63 Å². The molecule has 1 aliphatic carbocycles. The molecule has 3 nitrogen and oxygen atoms in total. The van der Waals surface area contributed by atoms with Crippen LogP contribution in [-0.4, -0.2) is 7.05 Å². The second kappa shape index (κ2) is 8.88. The first-order valence-corrected chi connectivity index (χ1v) is 11.2. The van der Waals surface area contributed by atoms with Gasteiger partial charge in [-0.25, -0.2) is 4.79 Å². The summed E-state index contributed by atoms with van der Waals surface area (Å²) >= 11 is 0. The van der Waals surface area contributed by atoms with Crippen molar-refractivity contribution in [2.75, 3.05) is 11.9 Å². The Morgan fingerprint density at radius 2 is 1.50 bits per heavy atom. The van der Waals surface area contributed by atoms with Crippen LogP contribution < -0.4 is 10.5 Å². The fourth-order valence-corrected chi connectivity index (χ4v) is 4.90. The smallest absolute Gasteiger partial charge is 0.345 e. The molecule has 0 N–H and O–H groups in total. The molecule has 1 atom stereocenters. The first kappa shape index (κ1) is 20.3. The van der Waals surface area contributed by atoms with Crippen molar-refractivity contribution in [3.63, 3.8) is 0 Å². The SMILES string of the molecule is CN(Cc1ccccc1)c1c2c(oc(=O)c1-c1ccccc1)CCC(c1ccccc1)C2. The molecule has 0 spiro atoms. The summed E-state index contributed by atoms with van der Waals surface area (Å²) in [5, 5.41) is 0. The highest BCUT2D eigenvalue weighted by atomic mass is 16.4. The molecule has 0 radical (unpaired) electrons. The Labute approximate surface area is 189 Å². The van der Waals surface area contributed by atoms with Gasteiger partial charge < -0.3 is 9.32 Å². The molecular formula is C29H27NO2. The maximum Gasteiger partial charge on any atom is 0.345 e. The number of hydrogen-bond acceptors (Lipinski definition) is 3. The van der Waals surface area contributed by atoms with E-state index in [2.05, 4.69) is 66.5 Å². The molecule has 160 valence electrons. The van der Waals surface area contributed by atoms with E-state index in [-0.39, 0.29) is 5.63 Å². The maximum atomic E-state index is 13.2. The Morgan fingerprint density at radius 1 is 0.875 bits per heavy atom. The van der Waals surface area contributed by atoms with E-state index in [0.29, 0.717) is 11.5 Å². The molecule has 1 aliphatic rings. The normalized spacial score (nSPS) is 15.2. The summed E-state index contributed by atoms with van der Waals surface area (Å²) in [5.41, 5.74) is 6.06. The first-order chi connectivity index (χ1) is 15.7. The minimum absolute atomic E-state index is 0.247. The number of anilines is 1. The van der Waals surface area contributed by atoms with Crippen LogP contribution in [0.5, 0.6) is 0 Å². The Bertz CT molecular complexity index is 1250. The third kappa shape index (κ3) is 3.99. The summed E-state index contributed by atoms with van der Waals surface area (Å²) < 4.78 is 5.93. The number of rotatable bonds is 5. The summed E-state index contributed by atoms with van der Waals surface area (Å²) in [6.07, 6.45) is 2.65. The van der Waals surface area contributed by atoms with Gasteiger partial charge in [0.1, 0.15) is 5.76 Å². The zero-order valence-corrected chi connectivity index (χ0v) is 18.3. The molecule has 3 heteroatoms. The molecule has 1 aromatic heterocycles. The van der Waals surface area contributed by atoms with Crippen LogP contribution in [0.1, 0.15) is 34.8 Å². The van der Waals surface area contributed by atoms with Gasteiger partial charge in [0.15, 0.2) is 0 Å². The van der Waals surface area contributed by atoms with Crippen molar-refractivity contribution in [1.82, 2.24) is 0 Å². The van der Waals surface area contributed by atoms with E-state index in [1.165, 1.54) is 16.7 Å². The second-order valence-electron chi connectivity index (χ2n) is 8.57. The van der Waals surface area contributed by atoms with Gasteiger partial charge in [-0.2, -0.15) is 0 Å². The third-order valence-electron chi connectivity index (χ3n) is 6.43. The predicted octanol–water partition coefficient (Wildman–Crippen LogP) is 6.22. The van der Waals surface area contributed by atoms with E-state index in [4.69, 9.17) is 4.42 Å². The zero-order chi connectivity index (χ0) is 21.9. The van der Waals surface area contributed by atoms with Gasteiger partial charge in [0.2, 0.25) is 0 Å². The quantitative estimate of drug-likeness (QED) is 0.384. The van der Waals surface area contributed by atoms with Crippen LogP contribution in [0.15, 0.2) is 100 Å². The molecule has 0 fully saturated rings. The van der Waals surface area contributed by atoms with Crippen LogP contribution in [-0.2, 0) is 19.4 Å². The number of fused-ring (bicyclic) bond motifs is 1. The predicted molar refractivity (Wildman–Crippen MR) is 130 cm³/mol. The lowest BCUT2D eigenvalue weighted by atomic mass is 9.81. The monoisotopic (exact) mass is 421 g/mol. The third-order valence-corrected chi connectivity index (χ3v) is 6.43. The molecule has 4 aromatic rings. The van der Waals surface area contributed by atoms with Gasteiger partial charge in [0, 0.05) is 25.6 Å². The van der Waals surface area contributed by atoms with E-state index in [9.17, 15) is 4.79 Å². The van der Waals surface area contributed by atoms with E-state index >= 15 is 0 Å². The van der Waals surface area contributed by atoms with E-state index in [1.807, 2.05) is 36.4 Å². The van der Waals surface area contributed by atoms with E-state index < -0.39 is 0 Å². The summed E-state index contributed by atoms with van der Waals surface area (Å²) in [4.78, 5) is 15.5. The van der Waals surface area contributed by atoms with Gasteiger partial charge in [0.25, 0.3) is 0 Å². The van der Waals surface area contributed by atoms with Crippen LogP contribution in [0.25, 0.3) is 11.1 Å². The van der Waals surface area contributed by atoms with Crippen LogP contribution in [0.4, 0.5) is 5.69 Å². The van der Waals surface area contributed by atoms with Crippen LogP contribution in [0.3, 0.4) is 0 Å². The van der Waals surface area contributed by atoms with Crippen molar-refractivity contribution in [3.8, 4) is 11.1 Å². The maximum absolute atomic E-state index is 13.2. The molecule has 0 saturated heterocycles. The number of nitrogens with zero attached hydrogens (tertiary/aromatic N) is 1. The first-order valence-electron chi connectivity index (χ1n) is 11.2. The highest BCUT2D eigenvalue weighted by Crippen LogP contribution is 2.41.